The molecule has 15 heavy (non-hydrogen) atoms. The molecule has 4 heteroatoms. The van der Waals surface area contributed by atoms with Gasteiger partial charge in [0.25, 0.3) is 0 Å². The summed E-state index contributed by atoms with van der Waals surface area (Å²) in [5.41, 5.74) is 8.66. The van der Waals surface area contributed by atoms with E-state index in [1.165, 1.54) is 0 Å². The van der Waals surface area contributed by atoms with E-state index in [1.807, 2.05) is 24.3 Å². The first-order chi connectivity index (χ1) is 7.29. The maximum Gasteiger partial charge on any atom is 0.145 e. The fourth-order valence-corrected chi connectivity index (χ4v) is 1.48. The molecule has 0 saturated carbocycles. The number of nitrogens with zero attached hydrogens (tertiary/aromatic N) is 1. The first-order valence-electron chi connectivity index (χ1n) is 4.69. The standard InChI is InChI=1S/C11H13N3O/c1-15-7-8-3-2-4-9(5-8)10-6-11(12)14-13-10/h2-6H,7H2,1H3,(H3,12,13,14). The normalized spacial score (nSPS) is 10.5. The Hall–Kier alpha value is -1.81. The van der Waals surface area contributed by atoms with Gasteiger partial charge in [0, 0.05) is 13.2 Å². The number of aromatic amines is 1. The van der Waals surface area contributed by atoms with Gasteiger partial charge in [0.1, 0.15) is 5.82 Å². The minimum Gasteiger partial charge on any atom is -0.382 e. The van der Waals surface area contributed by atoms with Crippen molar-refractivity contribution in [1.29, 1.82) is 0 Å². The number of hydrogen-bond donors (Lipinski definition) is 2. The van der Waals surface area contributed by atoms with Gasteiger partial charge >= 0.3 is 0 Å². The third-order valence-corrected chi connectivity index (χ3v) is 2.15. The van der Waals surface area contributed by atoms with Crippen molar-refractivity contribution in [1.82, 2.24) is 10.2 Å². The molecule has 0 atom stereocenters. The van der Waals surface area contributed by atoms with Gasteiger partial charge in [-0.15, -0.1) is 0 Å². The number of ether oxygens (including phenoxy) is 1. The van der Waals surface area contributed by atoms with E-state index in [4.69, 9.17) is 10.5 Å². The number of anilines is 1. The lowest BCUT2D eigenvalue weighted by atomic mass is 10.1. The molecule has 4 nitrogen and oxygen atoms in total. The first-order valence-corrected chi connectivity index (χ1v) is 4.69. The molecule has 2 aromatic rings. The van der Waals surface area contributed by atoms with Crippen LogP contribution >= 0.6 is 0 Å². The van der Waals surface area contributed by atoms with Gasteiger partial charge in [0.15, 0.2) is 0 Å². The van der Waals surface area contributed by atoms with Crippen molar-refractivity contribution in [3.8, 4) is 11.3 Å². The Morgan fingerprint density at radius 2 is 2.27 bits per heavy atom. The van der Waals surface area contributed by atoms with Crippen LogP contribution < -0.4 is 5.73 Å². The van der Waals surface area contributed by atoms with Gasteiger partial charge in [-0.25, -0.2) is 0 Å². The van der Waals surface area contributed by atoms with E-state index in [1.54, 1.807) is 7.11 Å². The van der Waals surface area contributed by atoms with Crippen molar-refractivity contribution >= 4 is 5.82 Å². The fraction of sp³-hybridized carbons (Fsp3) is 0.182. The highest BCUT2D eigenvalue weighted by Gasteiger charge is 2.02. The highest BCUT2D eigenvalue weighted by atomic mass is 16.5. The third-order valence-electron chi connectivity index (χ3n) is 2.15. The molecule has 0 aliphatic carbocycles. The summed E-state index contributed by atoms with van der Waals surface area (Å²) >= 11 is 0. The summed E-state index contributed by atoms with van der Waals surface area (Å²) in [6.45, 7) is 0.609. The number of nitrogens with one attached hydrogen (secondary N) is 1. The molecule has 0 aliphatic rings. The molecular weight excluding hydrogens is 190 g/mol. The summed E-state index contributed by atoms with van der Waals surface area (Å²) in [4.78, 5) is 0. The summed E-state index contributed by atoms with van der Waals surface area (Å²) in [6.07, 6.45) is 0. The molecule has 2 rings (SSSR count). The SMILES string of the molecule is COCc1cccc(-c2cc(N)n[nH]2)c1. The van der Waals surface area contributed by atoms with E-state index in [0.29, 0.717) is 12.4 Å². The lowest BCUT2D eigenvalue weighted by Crippen LogP contribution is -1.87. The predicted octanol–water partition coefficient (Wildman–Crippen LogP) is 1.81. The number of nitrogens with two attached hydrogens (primary N) is 1. The van der Waals surface area contributed by atoms with E-state index in [2.05, 4.69) is 16.3 Å². The Bertz CT molecular complexity index is 451. The predicted molar refractivity (Wildman–Crippen MR) is 59.1 cm³/mol. The quantitative estimate of drug-likeness (QED) is 0.799. The molecule has 1 aromatic carbocycles. The summed E-state index contributed by atoms with van der Waals surface area (Å²) in [6, 6.07) is 9.88. The van der Waals surface area contributed by atoms with Crippen LogP contribution in [0.2, 0.25) is 0 Å². The zero-order valence-electron chi connectivity index (χ0n) is 8.53. The lowest BCUT2D eigenvalue weighted by Gasteiger charge is -2.02. The Morgan fingerprint density at radius 1 is 1.40 bits per heavy atom. The number of benzene rings is 1. The Labute approximate surface area is 88.1 Å². The van der Waals surface area contributed by atoms with Gasteiger partial charge in [0.05, 0.1) is 12.3 Å². The number of nitrogen functional groups attached to an aromatic ring is 1. The summed E-state index contributed by atoms with van der Waals surface area (Å²) < 4.78 is 5.07. The second kappa shape index (κ2) is 4.14. The molecule has 0 saturated heterocycles. The molecular formula is C11H13N3O. The molecule has 1 aromatic heterocycles. The first kappa shape index (κ1) is 9.73. The molecule has 1 heterocycles. The number of hydrogen-bond acceptors (Lipinski definition) is 3. The topological polar surface area (TPSA) is 63.9 Å². The van der Waals surface area contributed by atoms with Gasteiger partial charge in [0.2, 0.25) is 0 Å². The van der Waals surface area contributed by atoms with Crippen LogP contribution in [-0.2, 0) is 11.3 Å². The van der Waals surface area contributed by atoms with E-state index in [9.17, 15) is 0 Å². The van der Waals surface area contributed by atoms with E-state index < -0.39 is 0 Å². The average molecular weight is 203 g/mol. The molecule has 78 valence electrons. The summed E-state index contributed by atoms with van der Waals surface area (Å²) in [5.74, 6) is 0.502. The smallest absolute Gasteiger partial charge is 0.145 e. The van der Waals surface area contributed by atoms with Gasteiger partial charge in [-0.05, 0) is 17.2 Å². The second-order valence-corrected chi connectivity index (χ2v) is 3.34. The molecule has 0 aliphatic heterocycles. The van der Waals surface area contributed by atoms with Crippen LogP contribution in [0.3, 0.4) is 0 Å². The molecule has 3 N–H and O–H groups in total. The van der Waals surface area contributed by atoms with Crippen molar-refractivity contribution in [2.75, 3.05) is 12.8 Å². The summed E-state index contributed by atoms with van der Waals surface area (Å²) in [7, 11) is 1.68. The number of aromatic nitrogens is 2. The van der Waals surface area contributed by atoms with E-state index in [0.717, 1.165) is 16.8 Å². The van der Waals surface area contributed by atoms with Crippen LogP contribution in [-0.4, -0.2) is 17.3 Å². The minimum absolute atomic E-state index is 0.502. The highest BCUT2D eigenvalue weighted by molar-refractivity contribution is 5.62. The van der Waals surface area contributed by atoms with Crippen molar-refractivity contribution in [3.63, 3.8) is 0 Å². The van der Waals surface area contributed by atoms with Crippen molar-refractivity contribution in [3.05, 3.63) is 35.9 Å². The molecule has 0 bridgehead atoms. The maximum absolute atomic E-state index is 5.55. The van der Waals surface area contributed by atoms with E-state index in [-0.39, 0.29) is 0 Å². The number of H-pyrrole nitrogens is 1. The molecule has 0 radical (unpaired) electrons. The summed E-state index contributed by atoms with van der Waals surface area (Å²) in [5, 5.41) is 6.77. The van der Waals surface area contributed by atoms with Gasteiger partial charge in [-0.3, -0.25) is 5.10 Å². The van der Waals surface area contributed by atoms with Crippen molar-refractivity contribution in [2.24, 2.45) is 0 Å². The van der Waals surface area contributed by atoms with Crippen molar-refractivity contribution < 1.29 is 4.74 Å². The maximum atomic E-state index is 5.55. The van der Waals surface area contributed by atoms with Crippen LogP contribution in [0.25, 0.3) is 11.3 Å². The lowest BCUT2D eigenvalue weighted by molar-refractivity contribution is 0.185. The Kier molecular flexibility index (Phi) is 2.69. The third kappa shape index (κ3) is 2.16. The largest absolute Gasteiger partial charge is 0.382 e. The van der Waals surface area contributed by atoms with Crippen LogP contribution in [0.15, 0.2) is 30.3 Å². The highest BCUT2D eigenvalue weighted by Crippen LogP contribution is 2.19. The van der Waals surface area contributed by atoms with Crippen LogP contribution in [0.4, 0.5) is 5.82 Å². The van der Waals surface area contributed by atoms with E-state index >= 15 is 0 Å². The molecule has 0 amide bonds. The van der Waals surface area contributed by atoms with Gasteiger partial charge in [-0.1, -0.05) is 18.2 Å². The van der Waals surface area contributed by atoms with Crippen LogP contribution in [0.1, 0.15) is 5.56 Å². The second-order valence-electron chi connectivity index (χ2n) is 3.34. The molecule has 0 fully saturated rings. The zero-order valence-corrected chi connectivity index (χ0v) is 8.53. The minimum atomic E-state index is 0.502. The van der Waals surface area contributed by atoms with Crippen LogP contribution in [0, 0.1) is 0 Å². The molecule has 0 unspecified atom stereocenters. The Morgan fingerprint density at radius 3 is 2.93 bits per heavy atom. The van der Waals surface area contributed by atoms with Gasteiger partial charge in [-0.2, -0.15) is 5.10 Å². The van der Waals surface area contributed by atoms with Crippen molar-refractivity contribution in [2.45, 2.75) is 6.61 Å². The molecule has 0 spiro atoms. The van der Waals surface area contributed by atoms with Gasteiger partial charge < -0.3 is 10.5 Å². The Balaban J connectivity index is 2.32. The zero-order chi connectivity index (χ0) is 10.7. The number of rotatable bonds is 3. The average Bonchev–Trinajstić information content (AvgIpc) is 2.66. The fourth-order valence-electron chi connectivity index (χ4n) is 1.48. The number of methoxy groups -OCH3 is 1. The monoisotopic (exact) mass is 203 g/mol. The van der Waals surface area contributed by atoms with Crippen LogP contribution in [0.5, 0.6) is 0 Å².